The number of carboxylic acid groups (broad SMARTS) is 1. The van der Waals surface area contributed by atoms with Gasteiger partial charge in [0.15, 0.2) is 5.78 Å². The lowest BCUT2D eigenvalue weighted by Crippen LogP contribution is -2.15. The van der Waals surface area contributed by atoms with E-state index in [1.807, 2.05) is 0 Å². The number of carbonyl (C=O) groups excluding carboxylic acids is 1. The van der Waals surface area contributed by atoms with Crippen LogP contribution in [0.25, 0.3) is 0 Å². The Hall–Kier alpha value is -2.50. The number of rotatable bonds is 2. The van der Waals surface area contributed by atoms with E-state index in [1.54, 1.807) is 6.07 Å². The number of allylic oxidation sites excluding steroid dienone is 1. The van der Waals surface area contributed by atoms with E-state index in [9.17, 15) is 19.7 Å². The summed E-state index contributed by atoms with van der Waals surface area (Å²) in [5.74, 6) is -1.63. The summed E-state index contributed by atoms with van der Waals surface area (Å²) in [5.41, 5.74) is 0.949. The smallest absolute Gasteiger partial charge is 0.328 e. The Kier molecular flexibility index (Phi) is 2.93. The molecule has 0 unspecified atom stereocenters. The zero-order valence-electron chi connectivity index (χ0n) is 9.25. The maximum atomic E-state index is 12.0. The lowest BCUT2D eigenvalue weighted by Gasteiger charge is -2.16. The van der Waals surface area contributed by atoms with Crippen molar-refractivity contribution in [1.82, 2.24) is 0 Å². The standard InChI is InChI=1S/C12H9NO5/c14-11(15)5-8-2-1-7-3-4-9(13(17)18)6-10(7)12(8)16/h3-6H,1-2H2,(H,14,15)/b8-5-. The summed E-state index contributed by atoms with van der Waals surface area (Å²) in [6, 6.07) is 4.09. The number of aryl methyl sites for hydroxylation is 1. The highest BCUT2D eigenvalue weighted by atomic mass is 16.6. The summed E-state index contributed by atoms with van der Waals surface area (Å²) < 4.78 is 0. The van der Waals surface area contributed by atoms with Crippen molar-refractivity contribution < 1.29 is 19.6 Å². The van der Waals surface area contributed by atoms with Crippen LogP contribution in [0, 0.1) is 10.1 Å². The molecule has 1 aliphatic carbocycles. The van der Waals surface area contributed by atoms with Gasteiger partial charge in [-0.3, -0.25) is 14.9 Å². The van der Waals surface area contributed by atoms with Gasteiger partial charge < -0.3 is 5.11 Å². The molecule has 0 saturated carbocycles. The fourth-order valence-corrected chi connectivity index (χ4v) is 1.95. The molecule has 1 aromatic rings. The first kappa shape index (κ1) is 12.0. The topological polar surface area (TPSA) is 97.5 Å². The van der Waals surface area contributed by atoms with Crippen molar-refractivity contribution in [1.29, 1.82) is 0 Å². The second-order valence-electron chi connectivity index (χ2n) is 3.94. The Labute approximate surface area is 102 Å². The van der Waals surface area contributed by atoms with E-state index in [1.165, 1.54) is 12.1 Å². The van der Waals surface area contributed by atoms with Crippen molar-refractivity contribution >= 4 is 17.4 Å². The van der Waals surface area contributed by atoms with Crippen LogP contribution in [0.5, 0.6) is 0 Å². The minimum Gasteiger partial charge on any atom is -0.478 e. The van der Waals surface area contributed by atoms with Gasteiger partial charge in [-0.15, -0.1) is 0 Å². The first-order valence-electron chi connectivity index (χ1n) is 5.24. The molecule has 18 heavy (non-hydrogen) atoms. The Morgan fingerprint density at radius 1 is 1.39 bits per heavy atom. The van der Waals surface area contributed by atoms with Gasteiger partial charge in [-0.2, -0.15) is 0 Å². The molecule has 0 heterocycles. The molecule has 6 heteroatoms. The van der Waals surface area contributed by atoms with Crippen LogP contribution in [0.2, 0.25) is 0 Å². The second-order valence-corrected chi connectivity index (χ2v) is 3.94. The number of fused-ring (bicyclic) bond motifs is 1. The van der Waals surface area contributed by atoms with Crippen molar-refractivity contribution in [2.75, 3.05) is 0 Å². The molecule has 1 aromatic carbocycles. The van der Waals surface area contributed by atoms with Crippen molar-refractivity contribution in [3.05, 3.63) is 51.1 Å². The van der Waals surface area contributed by atoms with Gasteiger partial charge in [0.05, 0.1) is 4.92 Å². The fraction of sp³-hybridized carbons (Fsp3) is 0.167. The maximum Gasteiger partial charge on any atom is 0.328 e. The van der Waals surface area contributed by atoms with E-state index < -0.39 is 16.7 Å². The zero-order chi connectivity index (χ0) is 13.3. The van der Waals surface area contributed by atoms with E-state index in [-0.39, 0.29) is 16.8 Å². The number of ketones is 1. The van der Waals surface area contributed by atoms with Gasteiger partial charge in [-0.25, -0.2) is 4.79 Å². The van der Waals surface area contributed by atoms with Crippen LogP contribution >= 0.6 is 0 Å². The number of nitro groups is 1. The third kappa shape index (κ3) is 2.13. The molecule has 0 bridgehead atoms. The van der Waals surface area contributed by atoms with Gasteiger partial charge in [0.2, 0.25) is 0 Å². The quantitative estimate of drug-likeness (QED) is 0.487. The molecular formula is C12H9NO5. The molecular weight excluding hydrogens is 238 g/mol. The van der Waals surface area contributed by atoms with Crippen molar-refractivity contribution in [2.24, 2.45) is 0 Å². The zero-order valence-corrected chi connectivity index (χ0v) is 9.25. The summed E-state index contributed by atoms with van der Waals surface area (Å²) in [6.45, 7) is 0. The van der Waals surface area contributed by atoms with Gasteiger partial charge in [0, 0.05) is 29.3 Å². The predicted molar refractivity (Wildman–Crippen MR) is 61.5 cm³/mol. The molecule has 0 fully saturated rings. The minimum absolute atomic E-state index is 0.168. The molecule has 1 N–H and O–H groups in total. The number of hydrogen-bond donors (Lipinski definition) is 1. The van der Waals surface area contributed by atoms with Crippen LogP contribution in [0.15, 0.2) is 29.8 Å². The molecule has 0 aliphatic heterocycles. The number of nitrogens with zero attached hydrogens (tertiary/aromatic N) is 1. The average molecular weight is 247 g/mol. The van der Waals surface area contributed by atoms with Crippen molar-refractivity contribution in [3.8, 4) is 0 Å². The predicted octanol–water partition coefficient (Wildman–Crippen LogP) is 1.73. The van der Waals surface area contributed by atoms with Gasteiger partial charge >= 0.3 is 5.97 Å². The molecule has 6 nitrogen and oxygen atoms in total. The van der Waals surface area contributed by atoms with Crippen LogP contribution in [-0.2, 0) is 11.2 Å². The summed E-state index contributed by atoms with van der Waals surface area (Å²) in [6.07, 6.45) is 1.72. The van der Waals surface area contributed by atoms with E-state index in [0.717, 1.165) is 6.08 Å². The Morgan fingerprint density at radius 2 is 2.11 bits per heavy atom. The van der Waals surface area contributed by atoms with Crippen molar-refractivity contribution in [2.45, 2.75) is 12.8 Å². The molecule has 0 atom stereocenters. The Bertz CT molecular complexity index is 588. The van der Waals surface area contributed by atoms with Crippen LogP contribution < -0.4 is 0 Å². The van der Waals surface area contributed by atoms with Crippen molar-refractivity contribution in [3.63, 3.8) is 0 Å². The lowest BCUT2D eigenvalue weighted by atomic mass is 9.86. The lowest BCUT2D eigenvalue weighted by molar-refractivity contribution is -0.384. The number of Topliss-reactive ketones (excluding diaryl/α,β-unsaturated/α-hetero) is 1. The minimum atomic E-state index is -1.19. The highest BCUT2D eigenvalue weighted by Crippen LogP contribution is 2.28. The molecule has 0 spiro atoms. The Balaban J connectivity index is 2.47. The van der Waals surface area contributed by atoms with Crippen LogP contribution in [0.1, 0.15) is 22.3 Å². The van der Waals surface area contributed by atoms with Crippen LogP contribution in [0.3, 0.4) is 0 Å². The number of non-ortho nitro benzene ring substituents is 1. The molecule has 0 saturated heterocycles. The third-order valence-corrected chi connectivity index (χ3v) is 2.80. The van der Waals surface area contributed by atoms with Gasteiger partial charge in [-0.1, -0.05) is 6.07 Å². The number of carbonyl (C=O) groups is 2. The molecule has 0 aromatic heterocycles. The number of carboxylic acids is 1. The summed E-state index contributed by atoms with van der Waals surface area (Å²) in [4.78, 5) is 32.6. The number of hydrogen-bond acceptors (Lipinski definition) is 4. The molecule has 0 radical (unpaired) electrons. The van der Waals surface area contributed by atoms with Gasteiger partial charge in [0.25, 0.3) is 5.69 Å². The largest absolute Gasteiger partial charge is 0.478 e. The van der Waals surface area contributed by atoms with E-state index >= 15 is 0 Å². The summed E-state index contributed by atoms with van der Waals surface area (Å²) in [5, 5.41) is 19.3. The van der Waals surface area contributed by atoms with Gasteiger partial charge in [0.1, 0.15) is 0 Å². The first-order valence-corrected chi connectivity index (χ1v) is 5.24. The summed E-state index contributed by atoms with van der Waals surface area (Å²) >= 11 is 0. The van der Waals surface area contributed by atoms with E-state index in [2.05, 4.69) is 0 Å². The highest BCUT2D eigenvalue weighted by molar-refractivity contribution is 6.13. The Morgan fingerprint density at radius 3 is 2.72 bits per heavy atom. The first-order chi connectivity index (χ1) is 8.49. The van der Waals surface area contributed by atoms with Crippen LogP contribution in [-0.4, -0.2) is 21.8 Å². The average Bonchev–Trinajstić information content (AvgIpc) is 2.32. The van der Waals surface area contributed by atoms with Gasteiger partial charge in [-0.05, 0) is 18.4 Å². The van der Waals surface area contributed by atoms with E-state index in [4.69, 9.17) is 5.11 Å². The normalized spacial score (nSPS) is 16.4. The number of benzene rings is 1. The number of nitro benzene ring substituents is 1. The summed E-state index contributed by atoms with van der Waals surface area (Å²) in [7, 11) is 0. The second kappa shape index (κ2) is 4.40. The monoisotopic (exact) mass is 247 g/mol. The third-order valence-electron chi connectivity index (χ3n) is 2.80. The SMILES string of the molecule is O=C(O)/C=C1/CCc2ccc([N+](=O)[O-])cc2C1=O. The highest BCUT2D eigenvalue weighted by Gasteiger charge is 2.24. The van der Waals surface area contributed by atoms with Crippen LogP contribution in [0.4, 0.5) is 5.69 Å². The molecule has 0 amide bonds. The molecule has 2 rings (SSSR count). The number of aliphatic carboxylic acids is 1. The maximum absolute atomic E-state index is 12.0. The molecule has 92 valence electrons. The molecule has 1 aliphatic rings. The fourth-order valence-electron chi connectivity index (χ4n) is 1.95. The van der Waals surface area contributed by atoms with E-state index in [0.29, 0.717) is 18.4 Å².